The van der Waals surface area contributed by atoms with Gasteiger partial charge in [0.15, 0.2) is 5.58 Å². The van der Waals surface area contributed by atoms with Crippen LogP contribution in [0.2, 0.25) is 0 Å². The summed E-state index contributed by atoms with van der Waals surface area (Å²) >= 11 is 1.97. The van der Waals surface area contributed by atoms with Gasteiger partial charge in [0.05, 0.1) is 16.9 Å². The van der Waals surface area contributed by atoms with Crippen LogP contribution in [0.4, 0.5) is 11.4 Å². The van der Waals surface area contributed by atoms with Gasteiger partial charge < -0.3 is 15.1 Å². The number of nitrogens with two attached hydrogens (primary N) is 1. The molecule has 1 saturated heterocycles. The van der Waals surface area contributed by atoms with Crippen LogP contribution >= 0.6 is 11.8 Å². The van der Waals surface area contributed by atoms with E-state index in [1.54, 1.807) is 6.07 Å². The molecule has 0 atom stereocenters. The topological polar surface area (TPSA) is 75.3 Å². The van der Waals surface area contributed by atoms with Crippen LogP contribution in [0.5, 0.6) is 0 Å². The highest BCUT2D eigenvalue weighted by Gasteiger charge is 2.28. The van der Waals surface area contributed by atoms with Gasteiger partial charge in [-0.15, -0.1) is 0 Å². The van der Waals surface area contributed by atoms with E-state index in [4.69, 9.17) is 10.2 Å². The summed E-state index contributed by atoms with van der Waals surface area (Å²) in [6.07, 6.45) is 0. The standard InChI is InChI=1S/C13H17N3O2S/c1-13(2)7-16(3-4-19-13)10-6-9-11(5-8(10)14)18-12(17)15-9/h5-6H,3-4,7,14H2,1-2H3,(H,15,17). The number of nitrogens with one attached hydrogen (secondary N) is 1. The van der Waals surface area contributed by atoms with E-state index in [-0.39, 0.29) is 4.75 Å². The largest absolute Gasteiger partial charge is 0.417 e. The van der Waals surface area contributed by atoms with E-state index < -0.39 is 5.76 Å². The van der Waals surface area contributed by atoms with Gasteiger partial charge in [-0.2, -0.15) is 11.8 Å². The zero-order chi connectivity index (χ0) is 13.6. The fourth-order valence-electron chi connectivity index (χ4n) is 2.50. The van der Waals surface area contributed by atoms with Crippen LogP contribution in [-0.4, -0.2) is 28.6 Å². The van der Waals surface area contributed by atoms with E-state index in [0.29, 0.717) is 16.8 Å². The minimum atomic E-state index is -0.443. The summed E-state index contributed by atoms with van der Waals surface area (Å²) in [4.78, 5) is 16.2. The summed E-state index contributed by atoms with van der Waals surface area (Å²) in [5, 5.41) is 0. The molecule has 0 radical (unpaired) electrons. The predicted octanol–water partition coefficient (Wildman–Crippen LogP) is 2.04. The van der Waals surface area contributed by atoms with Crippen molar-refractivity contribution < 1.29 is 4.42 Å². The molecule has 1 fully saturated rings. The lowest BCUT2D eigenvalue weighted by Gasteiger charge is -2.39. The van der Waals surface area contributed by atoms with Gasteiger partial charge in [-0.3, -0.25) is 4.98 Å². The van der Waals surface area contributed by atoms with Gasteiger partial charge in [0.25, 0.3) is 0 Å². The highest BCUT2D eigenvalue weighted by molar-refractivity contribution is 8.00. The van der Waals surface area contributed by atoms with Crippen molar-refractivity contribution in [2.75, 3.05) is 29.5 Å². The first kappa shape index (κ1) is 12.5. The Bertz CT molecular complexity index is 674. The van der Waals surface area contributed by atoms with Crippen molar-refractivity contribution in [3.8, 4) is 0 Å². The molecule has 3 rings (SSSR count). The van der Waals surface area contributed by atoms with Crippen LogP contribution in [-0.2, 0) is 0 Å². The number of oxazole rings is 1. The Kier molecular flexibility index (Phi) is 2.78. The average molecular weight is 279 g/mol. The summed E-state index contributed by atoms with van der Waals surface area (Å²) in [5.41, 5.74) is 8.92. The number of nitrogen functional groups attached to an aromatic ring is 1. The monoisotopic (exact) mass is 279 g/mol. The lowest BCUT2D eigenvalue weighted by Crippen LogP contribution is -2.43. The van der Waals surface area contributed by atoms with E-state index in [1.165, 1.54) is 0 Å². The third kappa shape index (κ3) is 2.32. The lowest BCUT2D eigenvalue weighted by molar-refractivity contribution is 0.555. The molecular weight excluding hydrogens is 262 g/mol. The number of fused-ring (bicyclic) bond motifs is 1. The first-order valence-electron chi connectivity index (χ1n) is 6.26. The number of aromatic nitrogens is 1. The predicted molar refractivity (Wildman–Crippen MR) is 80.0 cm³/mol. The molecule has 3 N–H and O–H groups in total. The van der Waals surface area contributed by atoms with Crippen LogP contribution in [0.1, 0.15) is 13.8 Å². The molecule has 6 heteroatoms. The Hall–Kier alpha value is -1.56. The first-order valence-corrected chi connectivity index (χ1v) is 7.24. The Balaban J connectivity index is 2.04. The molecule has 0 unspecified atom stereocenters. The molecule has 1 aliphatic rings. The van der Waals surface area contributed by atoms with E-state index in [9.17, 15) is 4.79 Å². The minimum Gasteiger partial charge on any atom is -0.408 e. The molecule has 0 amide bonds. The maximum atomic E-state index is 11.2. The summed E-state index contributed by atoms with van der Waals surface area (Å²) in [7, 11) is 0. The third-order valence-corrected chi connectivity index (χ3v) is 4.63. The second-order valence-electron chi connectivity index (χ2n) is 5.45. The zero-order valence-electron chi connectivity index (χ0n) is 11.0. The summed E-state index contributed by atoms with van der Waals surface area (Å²) in [5.74, 6) is 0.632. The molecule has 0 aliphatic carbocycles. The molecule has 102 valence electrons. The second-order valence-corrected chi connectivity index (χ2v) is 7.25. The van der Waals surface area contributed by atoms with Crippen molar-refractivity contribution in [2.45, 2.75) is 18.6 Å². The van der Waals surface area contributed by atoms with Crippen molar-refractivity contribution in [3.05, 3.63) is 22.7 Å². The van der Waals surface area contributed by atoms with E-state index in [0.717, 1.165) is 24.5 Å². The van der Waals surface area contributed by atoms with Gasteiger partial charge in [0.1, 0.15) is 0 Å². The number of nitrogens with zero attached hydrogens (tertiary/aromatic N) is 1. The summed E-state index contributed by atoms with van der Waals surface area (Å²) in [6, 6.07) is 3.62. The molecule has 0 bridgehead atoms. The van der Waals surface area contributed by atoms with E-state index >= 15 is 0 Å². The second kappa shape index (κ2) is 4.23. The Morgan fingerprint density at radius 1 is 1.47 bits per heavy atom. The lowest BCUT2D eigenvalue weighted by atomic mass is 10.1. The molecule has 1 aromatic carbocycles. The van der Waals surface area contributed by atoms with Crippen LogP contribution in [0.15, 0.2) is 21.3 Å². The number of rotatable bonds is 1. The van der Waals surface area contributed by atoms with Crippen LogP contribution in [0, 0.1) is 0 Å². The zero-order valence-corrected chi connectivity index (χ0v) is 11.8. The molecule has 0 saturated carbocycles. The first-order chi connectivity index (χ1) is 8.94. The maximum Gasteiger partial charge on any atom is 0.417 e. The summed E-state index contributed by atoms with van der Waals surface area (Å²) < 4.78 is 5.23. The molecular formula is C13H17N3O2S. The van der Waals surface area contributed by atoms with Crippen molar-refractivity contribution in [3.63, 3.8) is 0 Å². The fraction of sp³-hybridized carbons (Fsp3) is 0.462. The number of anilines is 2. The van der Waals surface area contributed by atoms with Gasteiger partial charge in [0, 0.05) is 29.7 Å². The Labute approximate surface area is 115 Å². The third-order valence-electron chi connectivity index (χ3n) is 3.33. The number of H-pyrrole nitrogens is 1. The Morgan fingerprint density at radius 2 is 2.26 bits per heavy atom. The van der Waals surface area contributed by atoms with Crippen LogP contribution < -0.4 is 16.4 Å². The molecule has 2 aromatic rings. The van der Waals surface area contributed by atoms with Crippen molar-refractivity contribution in [1.82, 2.24) is 4.98 Å². The number of benzene rings is 1. The Morgan fingerprint density at radius 3 is 3.00 bits per heavy atom. The van der Waals surface area contributed by atoms with Crippen molar-refractivity contribution >= 4 is 34.2 Å². The highest BCUT2D eigenvalue weighted by Crippen LogP contribution is 2.35. The number of hydrogen-bond acceptors (Lipinski definition) is 5. The maximum absolute atomic E-state index is 11.2. The molecule has 0 spiro atoms. The molecule has 5 nitrogen and oxygen atoms in total. The quantitative estimate of drug-likeness (QED) is 0.781. The molecule has 1 aromatic heterocycles. The number of aromatic amines is 1. The van der Waals surface area contributed by atoms with E-state index in [2.05, 4.69) is 23.7 Å². The average Bonchev–Trinajstić information content (AvgIpc) is 2.65. The smallest absolute Gasteiger partial charge is 0.408 e. The normalized spacial score (nSPS) is 18.9. The summed E-state index contributed by atoms with van der Waals surface area (Å²) in [6.45, 7) is 6.37. The fourth-order valence-corrected chi connectivity index (χ4v) is 3.61. The van der Waals surface area contributed by atoms with Crippen LogP contribution in [0.3, 0.4) is 0 Å². The van der Waals surface area contributed by atoms with Crippen molar-refractivity contribution in [1.29, 1.82) is 0 Å². The molecule has 1 aliphatic heterocycles. The number of thioether (sulfide) groups is 1. The molecule has 2 heterocycles. The minimum absolute atomic E-state index is 0.212. The van der Waals surface area contributed by atoms with E-state index in [1.807, 2.05) is 17.8 Å². The van der Waals surface area contributed by atoms with Gasteiger partial charge >= 0.3 is 5.76 Å². The van der Waals surface area contributed by atoms with Gasteiger partial charge in [-0.1, -0.05) is 0 Å². The van der Waals surface area contributed by atoms with Crippen LogP contribution in [0.25, 0.3) is 11.1 Å². The van der Waals surface area contributed by atoms with Gasteiger partial charge in [-0.25, -0.2) is 4.79 Å². The van der Waals surface area contributed by atoms with Crippen molar-refractivity contribution in [2.24, 2.45) is 0 Å². The SMILES string of the molecule is CC1(C)CN(c2cc3[nH]c(=O)oc3cc2N)CCS1. The highest BCUT2D eigenvalue weighted by atomic mass is 32.2. The number of hydrogen-bond donors (Lipinski definition) is 2. The van der Waals surface area contributed by atoms with Gasteiger partial charge in [-0.05, 0) is 19.9 Å². The van der Waals surface area contributed by atoms with Gasteiger partial charge in [0.2, 0.25) is 0 Å². The molecule has 19 heavy (non-hydrogen) atoms.